The van der Waals surface area contributed by atoms with Gasteiger partial charge in [0.05, 0.1) is 19.3 Å². The van der Waals surface area contributed by atoms with Crippen LogP contribution in [0.2, 0.25) is 0 Å². The molecule has 1 fully saturated rings. The van der Waals surface area contributed by atoms with Crippen molar-refractivity contribution in [1.29, 1.82) is 0 Å². The highest BCUT2D eigenvalue weighted by atomic mass is 33.1. The van der Waals surface area contributed by atoms with Gasteiger partial charge in [-0.3, -0.25) is 9.69 Å². The van der Waals surface area contributed by atoms with E-state index in [0.717, 1.165) is 19.6 Å². The maximum atomic E-state index is 11.4. The van der Waals surface area contributed by atoms with Gasteiger partial charge in [-0.05, 0) is 13.2 Å². The zero-order chi connectivity index (χ0) is 12.7. The summed E-state index contributed by atoms with van der Waals surface area (Å²) < 4.78 is 5.60. The minimum atomic E-state index is -0.856. The molecule has 1 heterocycles. The van der Waals surface area contributed by atoms with Crippen LogP contribution in [-0.2, 0) is 4.74 Å². The van der Waals surface area contributed by atoms with Crippen molar-refractivity contribution in [2.24, 2.45) is 0 Å². The Balaban J connectivity index is 2.28. The number of rotatable bonds is 3. The van der Waals surface area contributed by atoms with E-state index in [9.17, 15) is 4.79 Å². The molecule has 0 aromatic rings. The fourth-order valence-corrected chi connectivity index (χ4v) is 2.09. The van der Waals surface area contributed by atoms with E-state index in [1.807, 2.05) is 13.2 Å². The smallest absolute Gasteiger partial charge is 0.267 e. The molecule has 0 radical (unpaired) electrons. The van der Waals surface area contributed by atoms with Gasteiger partial charge in [-0.1, -0.05) is 5.92 Å². The lowest BCUT2D eigenvalue weighted by Gasteiger charge is -2.31. The van der Waals surface area contributed by atoms with Crippen LogP contribution in [0.1, 0.15) is 6.92 Å². The lowest BCUT2D eigenvalue weighted by Crippen LogP contribution is -2.47. The zero-order valence-electron chi connectivity index (χ0n) is 10.3. The molecule has 6 heteroatoms. The Morgan fingerprint density at radius 2 is 2.47 bits per heavy atom. The fourth-order valence-electron chi connectivity index (χ4n) is 1.55. The number of amides is 1. The Morgan fingerprint density at radius 1 is 1.71 bits per heavy atom. The number of hydrogen-bond donors (Lipinski definition) is 3. The van der Waals surface area contributed by atoms with Gasteiger partial charge in [-0.25, -0.2) is 0 Å². The van der Waals surface area contributed by atoms with Crippen molar-refractivity contribution in [1.82, 2.24) is 10.2 Å². The summed E-state index contributed by atoms with van der Waals surface area (Å²) in [4.78, 5) is 13.6. The Morgan fingerprint density at radius 3 is 3.12 bits per heavy atom. The molecular formula is C11H20N2O2S2. The van der Waals surface area contributed by atoms with Crippen LogP contribution < -0.4 is 5.32 Å². The van der Waals surface area contributed by atoms with Gasteiger partial charge in [0.2, 0.25) is 0 Å². The van der Waals surface area contributed by atoms with Crippen LogP contribution in [0.4, 0.5) is 4.79 Å². The maximum Gasteiger partial charge on any atom is 0.267 e. The van der Waals surface area contributed by atoms with Crippen LogP contribution in [-0.4, -0.2) is 55.3 Å². The summed E-state index contributed by atoms with van der Waals surface area (Å²) in [7, 11) is -0.856. The third-order valence-corrected chi connectivity index (χ3v) is 3.77. The zero-order valence-corrected chi connectivity index (χ0v) is 12.1. The first kappa shape index (κ1) is 14.7. The van der Waals surface area contributed by atoms with Crippen molar-refractivity contribution in [3.8, 4) is 11.8 Å². The van der Waals surface area contributed by atoms with E-state index in [0.29, 0.717) is 13.2 Å². The van der Waals surface area contributed by atoms with Crippen LogP contribution in [0.15, 0.2) is 0 Å². The van der Waals surface area contributed by atoms with Crippen LogP contribution >= 0.6 is 21.6 Å². The molecule has 1 amide bonds. The van der Waals surface area contributed by atoms with Gasteiger partial charge < -0.3 is 10.1 Å². The molecule has 0 aliphatic carbocycles. The summed E-state index contributed by atoms with van der Waals surface area (Å²) >= 11 is 4.14. The maximum absolute atomic E-state index is 11.4. The van der Waals surface area contributed by atoms with Gasteiger partial charge in [0.15, 0.2) is 0 Å². The van der Waals surface area contributed by atoms with Gasteiger partial charge in [-0.2, -0.15) is 0 Å². The second-order valence-electron chi connectivity index (χ2n) is 3.86. The number of morpholine rings is 1. The third-order valence-electron chi connectivity index (χ3n) is 2.48. The van der Waals surface area contributed by atoms with E-state index >= 15 is 0 Å². The lowest BCUT2D eigenvalue weighted by atomic mass is 10.2. The number of ether oxygens (including phenoxy) is 1. The third kappa shape index (κ3) is 5.68. The van der Waals surface area contributed by atoms with Gasteiger partial charge in [-0.15, -0.1) is 27.5 Å². The van der Waals surface area contributed by atoms with E-state index in [1.54, 1.807) is 0 Å². The Kier molecular flexibility index (Phi) is 6.82. The monoisotopic (exact) mass is 276 g/mol. The van der Waals surface area contributed by atoms with Crippen LogP contribution in [0.3, 0.4) is 0 Å². The molecule has 1 aliphatic rings. The Bertz CT molecular complexity index is 312. The molecule has 1 N–H and O–H groups in total. The molecule has 1 aliphatic heterocycles. The van der Waals surface area contributed by atoms with Crippen molar-refractivity contribution < 1.29 is 9.53 Å². The summed E-state index contributed by atoms with van der Waals surface area (Å²) in [5.74, 6) is 5.93. The quantitative estimate of drug-likeness (QED) is 0.407. The molecule has 1 unspecified atom stereocenters. The molecule has 1 saturated heterocycles. The molecular weight excluding hydrogens is 256 g/mol. The predicted molar refractivity (Wildman–Crippen MR) is 76.9 cm³/mol. The molecule has 2 atom stereocenters. The minimum absolute atomic E-state index is 0.0115. The van der Waals surface area contributed by atoms with Gasteiger partial charge >= 0.3 is 0 Å². The molecule has 0 aromatic carbocycles. The standard InChI is InChI=1S/C11H20N2O2S2/c1-3-4-5-13-6-7-15-10(9-13)8-12-11(14)17(2)16/h10,16-17H,5-9H2,1-2H3,(H,12,14)/t10-/m0/s1. The van der Waals surface area contributed by atoms with Gasteiger partial charge in [0.1, 0.15) is 0 Å². The summed E-state index contributed by atoms with van der Waals surface area (Å²) in [6.07, 6.45) is 1.88. The molecule has 1 rings (SSSR count). The van der Waals surface area contributed by atoms with E-state index < -0.39 is 9.93 Å². The number of nitrogens with one attached hydrogen (secondary N) is 1. The van der Waals surface area contributed by atoms with E-state index in [4.69, 9.17) is 4.74 Å². The molecule has 17 heavy (non-hydrogen) atoms. The average Bonchev–Trinajstić information content (AvgIpc) is 2.33. The lowest BCUT2D eigenvalue weighted by molar-refractivity contribution is -0.0208. The van der Waals surface area contributed by atoms with Crippen molar-refractivity contribution in [2.75, 3.05) is 39.0 Å². The summed E-state index contributed by atoms with van der Waals surface area (Å²) in [5.41, 5.74) is 0. The highest BCUT2D eigenvalue weighted by Crippen LogP contribution is 2.24. The van der Waals surface area contributed by atoms with Crippen molar-refractivity contribution in [3.63, 3.8) is 0 Å². The number of thiol groups is 2. The molecule has 98 valence electrons. The topological polar surface area (TPSA) is 41.6 Å². The SMILES string of the molecule is CC#CCN1CCO[C@@H](CNC(=O)[SH](C)S)C1. The van der Waals surface area contributed by atoms with Crippen molar-refractivity contribution >= 4 is 26.8 Å². The number of carbonyl (C=O) groups excluding carboxylic acids is 1. The average molecular weight is 276 g/mol. The molecule has 0 bridgehead atoms. The summed E-state index contributed by atoms with van der Waals surface area (Å²) in [5, 5.41) is 2.87. The Labute approximate surface area is 111 Å². The largest absolute Gasteiger partial charge is 0.374 e. The van der Waals surface area contributed by atoms with Crippen LogP contribution in [0, 0.1) is 11.8 Å². The molecule has 4 nitrogen and oxygen atoms in total. The highest BCUT2D eigenvalue weighted by Gasteiger charge is 2.20. The summed E-state index contributed by atoms with van der Waals surface area (Å²) in [6, 6.07) is 0. The second-order valence-corrected chi connectivity index (χ2v) is 7.12. The fraction of sp³-hybridized carbons (Fsp3) is 0.727. The summed E-state index contributed by atoms with van der Waals surface area (Å²) in [6.45, 7) is 5.61. The molecule has 0 aromatic heterocycles. The second kappa shape index (κ2) is 7.88. The first-order chi connectivity index (χ1) is 8.13. The van der Waals surface area contributed by atoms with Crippen molar-refractivity contribution in [2.45, 2.75) is 13.0 Å². The van der Waals surface area contributed by atoms with E-state index in [2.05, 4.69) is 33.7 Å². The van der Waals surface area contributed by atoms with Crippen molar-refractivity contribution in [3.05, 3.63) is 0 Å². The van der Waals surface area contributed by atoms with Crippen LogP contribution in [0.5, 0.6) is 0 Å². The van der Waals surface area contributed by atoms with Gasteiger partial charge in [0.25, 0.3) is 5.24 Å². The van der Waals surface area contributed by atoms with E-state index in [-0.39, 0.29) is 11.3 Å². The molecule has 0 saturated carbocycles. The van der Waals surface area contributed by atoms with E-state index in [1.165, 1.54) is 0 Å². The number of hydrogen-bond acceptors (Lipinski definition) is 4. The first-order valence-electron chi connectivity index (χ1n) is 5.57. The Hall–Kier alpha value is -0.350. The first-order valence-corrected chi connectivity index (χ1v) is 8.51. The molecule has 0 spiro atoms. The predicted octanol–water partition coefficient (Wildman–Crippen LogP) is 0.896. The highest BCUT2D eigenvalue weighted by molar-refractivity contribution is 8.84. The van der Waals surface area contributed by atoms with Gasteiger partial charge in [0, 0.05) is 19.6 Å². The number of carbonyl (C=O) groups is 1. The van der Waals surface area contributed by atoms with Crippen LogP contribution in [0.25, 0.3) is 0 Å². The number of nitrogens with zero attached hydrogens (tertiary/aromatic N) is 1. The normalized spacial score (nSPS) is 23.5. The minimum Gasteiger partial charge on any atom is -0.374 e.